The predicted molar refractivity (Wildman–Crippen MR) is 72.9 cm³/mol. The second-order valence-corrected chi connectivity index (χ2v) is 5.20. The molecule has 1 aromatic rings. The Labute approximate surface area is 109 Å². The Morgan fingerprint density at radius 1 is 1.44 bits per heavy atom. The molecule has 0 fully saturated rings. The number of pyridine rings is 1. The van der Waals surface area contributed by atoms with Crippen molar-refractivity contribution in [1.82, 2.24) is 9.88 Å². The van der Waals surface area contributed by atoms with Crippen LogP contribution in [0.15, 0.2) is 18.2 Å². The van der Waals surface area contributed by atoms with Crippen LogP contribution in [0.4, 0.5) is 0 Å². The van der Waals surface area contributed by atoms with Gasteiger partial charge in [-0.15, -0.1) is 0 Å². The number of likely N-dealkylation sites (N-methyl/N-ethyl adjacent to an activating group) is 1. The van der Waals surface area contributed by atoms with Gasteiger partial charge >= 0.3 is 0 Å². The minimum absolute atomic E-state index is 0.0213. The fourth-order valence-electron chi connectivity index (χ4n) is 1.90. The summed E-state index contributed by atoms with van der Waals surface area (Å²) in [5, 5.41) is 0. The number of aromatic nitrogens is 1. The Hall–Kier alpha value is -1.42. The van der Waals surface area contributed by atoms with Crippen LogP contribution in [0, 0.1) is 12.8 Å². The zero-order valence-corrected chi connectivity index (χ0v) is 11.7. The predicted octanol–water partition coefficient (Wildman–Crippen LogP) is 1.72. The van der Waals surface area contributed by atoms with Crippen LogP contribution in [-0.4, -0.2) is 28.9 Å². The fraction of sp³-hybridized carbons (Fsp3) is 0.571. The van der Waals surface area contributed by atoms with Crippen LogP contribution < -0.4 is 5.73 Å². The van der Waals surface area contributed by atoms with Crippen molar-refractivity contribution in [2.75, 3.05) is 7.05 Å². The monoisotopic (exact) mass is 249 g/mol. The lowest BCUT2D eigenvalue weighted by molar-refractivity contribution is -0.132. The van der Waals surface area contributed by atoms with E-state index in [1.807, 2.05) is 25.1 Å². The van der Waals surface area contributed by atoms with E-state index >= 15 is 0 Å². The van der Waals surface area contributed by atoms with Crippen molar-refractivity contribution >= 4 is 5.91 Å². The molecule has 0 radical (unpaired) electrons. The van der Waals surface area contributed by atoms with Crippen molar-refractivity contribution in [2.45, 2.75) is 39.8 Å². The van der Waals surface area contributed by atoms with E-state index < -0.39 is 6.04 Å². The van der Waals surface area contributed by atoms with Gasteiger partial charge in [-0.2, -0.15) is 0 Å². The first-order valence-electron chi connectivity index (χ1n) is 6.33. The Morgan fingerprint density at radius 3 is 2.67 bits per heavy atom. The molecule has 4 nitrogen and oxygen atoms in total. The molecule has 0 aliphatic rings. The van der Waals surface area contributed by atoms with Gasteiger partial charge in [-0.05, 0) is 31.4 Å². The Kier molecular flexibility index (Phi) is 5.28. The highest BCUT2D eigenvalue weighted by Crippen LogP contribution is 2.07. The lowest BCUT2D eigenvalue weighted by Gasteiger charge is -2.22. The molecule has 1 rings (SSSR count). The lowest BCUT2D eigenvalue weighted by atomic mass is 10.0. The van der Waals surface area contributed by atoms with Gasteiger partial charge in [0.05, 0.1) is 18.3 Å². The van der Waals surface area contributed by atoms with Gasteiger partial charge in [0.15, 0.2) is 0 Å². The van der Waals surface area contributed by atoms with Gasteiger partial charge in [-0.25, -0.2) is 0 Å². The minimum Gasteiger partial charge on any atom is -0.339 e. The van der Waals surface area contributed by atoms with Gasteiger partial charge in [0.1, 0.15) is 0 Å². The third-order valence-corrected chi connectivity index (χ3v) is 2.76. The van der Waals surface area contributed by atoms with Gasteiger partial charge < -0.3 is 10.6 Å². The van der Waals surface area contributed by atoms with E-state index in [1.165, 1.54) is 0 Å². The molecule has 0 saturated heterocycles. The van der Waals surface area contributed by atoms with Crippen molar-refractivity contribution < 1.29 is 4.79 Å². The second kappa shape index (κ2) is 6.50. The maximum atomic E-state index is 12.0. The third-order valence-electron chi connectivity index (χ3n) is 2.76. The van der Waals surface area contributed by atoms with Gasteiger partial charge in [-0.3, -0.25) is 9.78 Å². The average Bonchev–Trinajstić information content (AvgIpc) is 2.27. The molecule has 0 unspecified atom stereocenters. The van der Waals surface area contributed by atoms with E-state index in [1.54, 1.807) is 11.9 Å². The number of nitrogens with two attached hydrogens (primary N) is 1. The molecule has 0 aliphatic heterocycles. The molecule has 0 aliphatic carbocycles. The molecule has 1 amide bonds. The Morgan fingerprint density at radius 2 is 2.11 bits per heavy atom. The summed E-state index contributed by atoms with van der Waals surface area (Å²) in [7, 11) is 1.77. The van der Waals surface area contributed by atoms with Crippen LogP contribution in [0.1, 0.15) is 31.7 Å². The maximum absolute atomic E-state index is 12.0. The SMILES string of the molecule is Cc1cccc(CN(C)C(=O)[C@H](N)CC(C)C)n1. The molecule has 2 N–H and O–H groups in total. The highest BCUT2D eigenvalue weighted by Gasteiger charge is 2.19. The van der Waals surface area contributed by atoms with Crippen LogP contribution in [0.5, 0.6) is 0 Å². The van der Waals surface area contributed by atoms with E-state index in [0.717, 1.165) is 11.4 Å². The Balaban J connectivity index is 2.59. The molecule has 4 heteroatoms. The molecule has 1 atom stereocenters. The molecule has 0 aromatic carbocycles. The zero-order valence-electron chi connectivity index (χ0n) is 11.7. The van der Waals surface area contributed by atoms with Crippen LogP contribution in [0.25, 0.3) is 0 Å². The van der Waals surface area contributed by atoms with Crippen molar-refractivity contribution in [2.24, 2.45) is 11.7 Å². The largest absolute Gasteiger partial charge is 0.339 e. The van der Waals surface area contributed by atoms with Gasteiger partial charge in [0.2, 0.25) is 5.91 Å². The van der Waals surface area contributed by atoms with E-state index in [0.29, 0.717) is 18.9 Å². The lowest BCUT2D eigenvalue weighted by Crippen LogP contribution is -2.42. The fourth-order valence-corrected chi connectivity index (χ4v) is 1.90. The molecule has 1 aromatic heterocycles. The molecule has 18 heavy (non-hydrogen) atoms. The van der Waals surface area contributed by atoms with Crippen molar-refractivity contribution in [1.29, 1.82) is 0 Å². The number of carbonyl (C=O) groups is 1. The summed E-state index contributed by atoms with van der Waals surface area (Å²) in [5.74, 6) is 0.404. The Bertz CT molecular complexity index is 404. The maximum Gasteiger partial charge on any atom is 0.239 e. The summed E-state index contributed by atoms with van der Waals surface area (Å²) >= 11 is 0. The first-order chi connectivity index (χ1) is 8.40. The number of aryl methyl sites for hydroxylation is 1. The number of carbonyl (C=O) groups excluding carboxylic acids is 1. The van der Waals surface area contributed by atoms with Crippen LogP contribution in [0.2, 0.25) is 0 Å². The van der Waals surface area contributed by atoms with Crippen molar-refractivity contribution in [3.63, 3.8) is 0 Å². The van der Waals surface area contributed by atoms with Gasteiger partial charge in [0.25, 0.3) is 0 Å². The normalized spacial score (nSPS) is 12.6. The smallest absolute Gasteiger partial charge is 0.239 e. The van der Waals surface area contributed by atoms with Gasteiger partial charge in [0, 0.05) is 12.7 Å². The van der Waals surface area contributed by atoms with E-state index in [4.69, 9.17) is 5.73 Å². The topological polar surface area (TPSA) is 59.2 Å². The van der Waals surface area contributed by atoms with E-state index in [-0.39, 0.29) is 5.91 Å². The first kappa shape index (κ1) is 14.6. The van der Waals surface area contributed by atoms with Crippen LogP contribution >= 0.6 is 0 Å². The number of hydrogen-bond donors (Lipinski definition) is 1. The van der Waals surface area contributed by atoms with E-state index in [9.17, 15) is 4.79 Å². The molecular formula is C14H23N3O. The zero-order chi connectivity index (χ0) is 13.7. The van der Waals surface area contributed by atoms with E-state index in [2.05, 4.69) is 18.8 Å². The first-order valence-corrected chi connectivity index (χ1v) is 6.33. The average molecular weight is 249 g/mol. The third kappa shape index (κ3) is 4.45. The molecule has 1 heterocycles. The second-order valence-electron chi connectivity index (χ2n) is 5.20. The van der Waals surface area contributed by atoms with Gasteiger partial charge in [-0.1, -0.05) is 19.9 Å². The summed E-state index contributed by atoms with van der Waals surface area (Å²) in [6, 6.07) is 5.39. The molecular weight excluding hydrogens is 226 g/mol. The molecule has 0 bridgehead atoms. The summed E-state index contributed by atoms with van der Waals surface area (Å²) in [6.07, 6.45) is 0.713. The molecule has 100 valence electrons. The quantitative estimate of drug-likeness (QED) is 0.864. The molecule has 0 saturated carbocycles. The number of hydrogen-bond acceptors (Lipinski definition) is 3. The number of rotatable bonds is 5. The summed E-state index contributed by atoms with van der Waals surface area (Å²) in [4.78, 5) is 18.1. The standard InChI is InChI=1S/C14H23N3O/c1-10(2)8-13(15)14(18)17(4)9-12-7-5-6-11(3)16-12/h5-7,10,13H,8-9,15H2,1-4H3/t13-/m1/s1. The summed E-state index contributed by atoms with van der Waals surface area (Å²) < 4.78 is 0. The van der Waals surface area contributed by atoms with Crippen molar-refractivity contribution in [3.8, 4) is 0 Å². The van der Waals surface area contributed by atoms with Crippen LogP contribution in [-0.2, 0) is 11.3 Å². The minimum atomic E-state index is -0.417. The number of amides is 1. The van der Waals surface area contributed by atoms with Crippen molar-refractivity contribution in [3.05, 3.63) is 29.6 Å². The highest BCUT2D eigenvalue weighted by atomic mass is 16.2. The highest BCUT2D eigenvalue weighted by molar-refractivity contribution is 5.81. The van der Waals surface area contributed by atoms with Crippen LogP contribution in [0.3, 0.4) is 0 Å². The summed E-state index contributed by atoms with van der Waals surface area (Å²) in [5.41, 5.74) is 7.74. The molecule has 0 spiro atoms. The summed E-state index contributed by atoms with van der Waals surface area (Å²) in [6.45, 7) is 6.58. The number of nitrogens with zero attached hydrogens (tertiary/aromatic N) is 2.